The topological polar surface area (TPSA) is 75.8 Å². The highest BCUT2D eigenvalue weighted by molar-refractivity contribution is 5.42. The Morgan fingerprint density at radius 2 is 2.10 bits per heavy atom. The summed E-state index contributed by atoms with van der Waals surface area (Å²) in [6.45, 7) is 1.29. The van der Waals surface area contributed by atoms with E-state index in [1.54, 1.807) is 6.07 Å². The van der Waals surface area contributed by atoms with Crippen LogP contribution >= 0.6 is 0 Å². The maximum atomic E-state index is 11.0. The summed E-state index contributed by atoms with van der Waals surface area (Å²) in [5, 5.41) is 20.2. The lowest BCUT2D eigenvalue weighted by atomic mass is 10.1. The minimum absolute atomic E-state index is 0.0414. The van der Waals surface area contributed by atoms with Gasteiger partial charge in [-0.2, -0.15) is 0 Å². The molecule has 0 aliphatic heterocycles. The summed E-state index contributed by atoms with van der Waals surface area (Å²) < 4.78 is 5.14. The van der Waals surface area contributed by atoms with Crippen LogP contribution in [0, 0.1) is 10.1 Å². The van der Waals surface area contributed by atoms with Gasteiger partial charge in [0, 0.05) is 25.2 Å². The van der Waals surface area contributed by atoms with E-state index >= 15 is 0 Å². The molecule has 0 unspecified atom stereocenters. The number of rotatable bonds is 7. The Kier molecular flexibility index (Phi) is 5.52. The molecule has 0 aromatic heterocycles. The highest BCUT2D eigenvalue weighted by Gasteiger charge is 2.23. The van der Waals surface area contributed by atoms with Crippen LogP contribution in [0.1, 0.15) is 31.2 Å². The molecule has 1 aliphatic rings. The first-order valence-electron chi connectivity index (χ1n) is 7.31. The maximum Gasteiger partial charge on any atom is 0.273 e. The highest BCUT2D eigenvalue weighted by atomic mass is 16.6. The number of hydrogen-bond donors (Lipinski definition) is 1. The van der Waals surface area contributed by atoms with E-state index in [2.05, 4.69) is 4.90 Å². The average Bonchev–Trinajstić information content (AvgIpc) is 3.00. The number of non-ortho nitro benzene ring substituents is 1. The van der Waals surface area contributed by atoms with Crippen molar-refractivity contribution in [2.45, 2.75) is 38.3 Å². The molecule has 0 amide bonds. The van der Waals surface area contributed by atoms with Crippen molar-refractivity contribution in [3.8, 4) is 5.75 Å². The Balaban J connectivity index is 2.18. The molecule has 6 heteroatoms. The van der Waals surface area contributed by atoms with E-state index in [1.165, 1.54) is 26.0 Å². The third-order valence-electron chi connectivity index (χ3n) is 4.01. The van der Waals surface area contributed by atoms with Crippen LogP contribution in [-0.2, 0) is 6.54 Å². The van der Waals surface area contributed by atoms with Gasteiger partial charge in [-0.25, -0.2) is 0 Å². The molecule has 2 rings (SSSR count). The number of nitro benzene ring substituents is 1. The van der Waals surface area contributed by atoms with E-state index in [9.17, 15) is 15.2 Å². The number of benzene rings is 1. The minimum atomic E-state index is -0.405. The zero-order valence-electron chi connectivity index (χ0n) is 12.3. The molecule has 1 aliphatic carbocycles. The number of hydrogen-bond acceptors (Lipinski definition) is 5. The van der Waals surface area contributed by atoms with Crippen molar-refractivity contribution in [3.05, 3.63) is 33.9 Å². The van der Waals surface area contributed by atoms with Crippen LogP contribution in [0.4, 0.5) is 5.69 Å². The summed E-state index contributed by atoms with van der Waals surface area (Å²) in [4.78, 5) is 12.8. The molecule has 1 aromatic carbocycles. The van der Waals surface area contributed by atoms with Crippen LogP contribution < -0.4 is 4.74 Å². The summed E-state index contributed by atoms with van der Waals surface area (Å²) in [5.74, 6) is 0.495. The summed E-state index contributed by atoms with van der Waals surface area (Å²) >= 11 is 0. The molecule has 1 saturated carbocycles. The SMILES string of the molecule is COc1cc(CN(CCO)C2CCCC2)cc([N+](=O)[O-])c1. The molecule has 1 N–H and O–H groups in total. The molecule has 0 atom stereocenters. The van der Waals surface area contributed by atoms with Gasteiger partial charge in [0.05, 0.1) is 24.7 Å². The van der Waals surface area contributed by atoms with Crippen molar-refractivity contribution < 1.29 is 14.8 Å². The molecule has 0 bridgehead atoms. The van der Waals surface area contributed by atoms with Crippen LogP contribution in [-0.4, -0.2) is 41.2 Å². The zero-order chi connectivity index (χ0) is 15.2. The quantitative estimate of drug-likeness (QED) is 0.617. The maximum absolute atomic E-state index is 11.0. The highest BCUT2D eigenvalue weighted by Crippen LogP contribution is 2.27. The molecule has 1 aromatic rings. The second-order valence-corrected chi connectivity index (χ2v) is 5.43. The normalized spacial score (nSPS) is 15.6. The fourth-order valence-electron chi connectivity index (χ4n) is 2.98. The molecule has 116 valence electrons. The zero-order valence-corrected chi connectivity index (χ0v) is 12.3. The van der Waals surface area contributed by atoms with E-state index in [4.69, 9.17) is 4.74 Å². The predicted molar refractivity (Wildman–Crippen MR) is 79.4 cm³/mol. The Morgan fingerprint density at radius 3 is 2.67 bits per heavy atom. The average molecular weight is 294 g/mol. The number of aliphatic hydroxyl groups excluding tert-OH is 1. The lowest BCUT2D eigenvalue weighted by Gasteiger charge is -2.28. The van der Waals surface area contributed by atoms with Gasteiger partial charge in [0.1, 0.15) is 5.75 Å². The van der Waals surface area contributed by atoms with Gasteiger partial charge in [-0.15, -0.1) is 0 Å². The second-order valence-electron chi connectivity index (χ2n) is 5.43. The number of nitro groups is 1. The van der Waals surface area contributed by atoms with Crippen molar-refractivity contribution in [2.75, 3.05) is 20.3 Å². The fourth-order valence-corrected chi connectivity index (χ4v) is 2.98. The summed E-state index contributed by atoms with van der Waals surface area (Å²) in [6.07, 6.45) is 4.69. The first kappa shape index (κ1) is 15.7. The number of aliphatic hydroxyl groups is 1. The van der Waals surface area contributed by atoms with E-state index in [0.29, 0.717) is 24.9 Å². The Morgan fingerprint density at radius 1 is 1.38 bits per heavy atom. The first-order chi connectivity index (χ1) is 10.1. The monoisotopic (exact) mass is 294 g/mol. The molecular formula is C15H22N2O4. The van der Waals surface area contributed by atoms with Crippen LogP contribution in [0.3, 0.4) is 0 Å². The minimum Gasteiger partial charge on any atom is -0.496 e. The smallest absolute Gasteiger partial charge is 0.273 e. The molecule has 0 spiro atoms. The van der Waals surface area contributed by atoms with Gasteiger partial charge < -0.3 is 9.84 Å². The standard InChI is InChI=1S/C15H22N2O4/c1-21-15-9-12(8-14(10-15)17(19)20)11-16(6-7-18)13-4-2-3-5-13/h8-10,13,18H,2-7,11H2,1H3. The first-order valence-corrected chi connectivity index (χ1v) is 7.31. The number of ether oxygens (including phenoxy) is 1. The predicted octanol–water partition coefficient (Wildman–Crippen LogP) is 2.34. The molecule has 0 radical (unpaired) electrons. The van der Waals surface area contributed by atoms with Crippen molar-refractivity contribution >= 4 is 5.69 Å². The summed E-state index contributed by atoms with van der Waals surface area (Å²) in [5.41, 5.74) is 0.890. The van der Waals surface area contributed by atoms with Crippen molar-refractivity contribution in [2.24, 2.45) is 0 Å². The third kappa shape index (κ3) is 4.15. The Hall–Kier alpha value is -1.66. The second kappa shape index (κ2) is 7.38. The Labute approximate surface area is 124 Å². The van der Waals surface area contributed by atoms with Crippen LogP contribution in [0.5, 0.6) is 5.75 Å². The van der Waals surface area contributed by atoms with Crippen molar-refractivity contribution in [1.29, 1.82) is 0 Å². The van der Waals surface area contributed by atoms with Crippen molar-refractivity contribution in [1.82, 2.24) is 4.90 Å². The molecule has 21 heavy (non-hydrogen) atoms. The molecule has 0 heterocycles. The van der Waals surface area contributed by atoms with Crippen LogP contribution in [0.2, 0.25) is 0 Å². The van der Waals surface area contributed by atoms with Crippen LogP contribution in [0.25, 0.3) is 0 Å². The van der Waals surface area contributed by atoms with Gasteiger partial charge in [-0.05, 0) is 24.5 Å². The van der Waals surface area contributed by atoms with E-state index in [1.807, 2.05) is 6.07 Å². The summed E-state index contributed by atoms with van der Waals surface area (Å²) in [6, 6.07) is 5.30. The molecule has 1 fully saturated rings. The van der Waals surface area contributed by atoms with E-state index < -0.39 is 4.92 Å². The largest absolute Gasteiger partial charge is 0.496 e. The molecule has 6 nitrogen and oxygen atoms in total. The van der Waals surface area contributed by atoms with E-state index in [-0.39, 0.29) is 12.3 Å². The number of methoxy groups -OCH3 is 1. The lowest BCUT2D eigenvalue weighted by molar-refractivity contribution is -0.385. The van der Waals surface area contributed by atoms with Crippen LogP contribution in [0.15, 0.2) is 18.2 Å². The van der Waals surface area contributed by atoms with Crippen molar-refractivity contribution in [3.63, 3.8) is 0 Å². The Bertz CT molecular complexity index is 487. The van der Waals surface area contributed by atoms with Gasteiger partial charge in [0.2, 0.25) is 0 Å². The third-order valence-corrected chi connectivity index (χ3v) is 4.01. The van der Waals surface area contributed by atoms with E-state index in [0.717, 1.165) is 18.4 Å². The van der Waals surface area contributed by atoms with Gasteiger partial charge in [0.25, 0.3) is 5.69 Å². The van der Waals surface area contributed by atoms with Gasteiger partial charge >= 0.3 is 0 Å². The number of nitrogens with zero attached hydrogens (tertiary/aromatic N) is 2. The molecule has 0 saturated heterocycles. The van der Waals surface area contributed by atoms with Gasteiger partial charge in [0.15, 0.2) is 0 Å². The van der Waals surface area contributed by atoms with Gasteiger partial charge in [-0.1, -0.05) is 12.8 Å². The summed E-state index contributed by atoms with van der Waals surface area (Å²) in [7, 11) is 1.51. The lowest BCUT2D eigenvalue weighted by Crippen LogP contribution is -2.35. The van der Waals surface area contributed by atoms with Gasteiger partial charge in [-0.3, -0.25) is 15.0 Å². The fraction of sp³-hybridized carbons (Fsp3) is 0.600. The molecular weight excluding hydrogens is 272 g/mol.